The van der Waals surface area contributed by atoms with Crippen molar-refractivity contribution in [1.82, 2.24) is 9.55 Å². The number of aliphatic hydroxyl groups is 1. The molecule has 4 rings (SSSR count). The van der Waals surface area contributed by atoms with Gasteiger partial charge in [-0.05, 0) is 42.0 Å². The van der Waals surface area contributed by atoms with Gasteiger partial charge in [-0.3, -0.25) is 4.98 Å². The molecule has 0 spiro atoms. The summed E-state index contributed by atoms with van der Waals surface area (Å²) in [5.41, 5.74) is 3.78. The van der Waals surface area contributed by atoms with Crippen LogP contribution in [0.15, 0.2) is 73.2 Å². The lowest BCUT2D eigenvalue weighted by atomic mass is 9.93. The van der Waals surface area contributed by atoms with Crippen LogP contribution in [0, 0.1) is 5.82 Å². The molecule has 0 saturated carbocycles. The Morgan fingerprint density at radius 3 is 2.38 bits per heavy atom. The van der Waals surface area contributed by atoms with Crippen LogP contribution in [0.5, 0.6) is 0 Å². The fourth-order valence-electron chi connectivity index (χ4n) is 3.52. The van der Waals surface area contributed by atoms with E-state index < -0.39 is 11.9 Å². The molecule has 1 N–H and O–H groups in total. The minimum Gasteiger partial charge on any atom is -0.383 e. The summed E-state index contributed by atoms with van der Waals surface area (Å²) in [7, 11) is 1.86. The lowest BCUT2D eigenvalue weighted by Gasteiger charge is -2.16. The van der Waals surface area contributed by atoms with Crippen LogP contribution < -0.4 is 0 Å². The number of aromatic nitrogens is 2. The van der Waals surface area contributed by atoms with E-state index in [-0.39, 0.29) is 0 Å². The number of pyridine rings is 1. The van der Waals surface area contributed by atoms with Gasteiger partial charge in [0, 0.05) is 57.9 Å². The standard InChI is InChI=1S/C23H17Cl2FN2O/c1-28-13-19(18-9-8-17(25)11-20(18)26)21(23(29)15-3-2-10-27-12-15)22(28)14-4-6-16(24)7-5-14/h2-13,23,29H,1H3. The molecule has 0 amide bonds. The Labute approximate surface area is 178 Å². The monoisotopic (exact) mass is 426 g/mol. The summed E-state index contributed by atoms with van der Waals surface area (Å²) in [5, 5.41) is 12.2. The van der Waals surface area contributed by atoms with E-state index in [2.05, 4.69) is 4.98 Å². The van der Waals surface area contributed by atoms with E-state index in [1.807, 2.05) is 29.9 Å². The highest BCUT2D eigenvalue weighted by Gasteiger charge is 2.26. The molecule has 2 aromatic heterocycles. The Bertz CT molecular complexity index is 1160. The molecule has 1 unspecified atom stereocenters. The van der Waals surface area contributed by atoms with Gasteiger partial charge in [-0.15, -0.1) is 0 Å². The number of aryl methyl sites for hydroxylation is 1. The molecule has 29 heavy (non-hydrogen) atoms. The minimum atomic E-state index is -0.999. The Balaban J connectivity index is 1.99. The lowest BCUT2D eigenvalue weighted by Crippen LogP contribution is -2.04. The van der Waals surface area contributed by atoms with Crippen LogP contribution in [0.25, 0.3) is 22.4 Å². The molecule has 2 aromatic carbocycles. The molecule has 0 saturated heterocycles. The molecular formula is C23H17Cl2FN2O. The van der Waals surface area contributed by atoms with Gasteiger partial charge in [-0.2, -0.15) is 0 Å². The van der Waals surface area contributed by atoms with Gasteiger partial charge in [0.15, 0.2) is 0 Å². The third-order valence-corrected chi connectivity index (χ3v) is 5.32. The fraction of sp³-hybridized carbons (Fsp3) is 0.0870. The van der Waals surface area contributed by atoms with Crippen molar-refractivity contribution in [1.29, 1.82) is 0 Å². The van der Waals surface area contributed by atoms with Crippen LogP contribution in [0.3, 0.4) is 0 Å². The van der Waals surface area contributed by atoms with Crippen molar-refractivity contribution in [3.63, 3.8) is 0 Å². The first-order chi connectivity index (χ1) is 14.0. The van der Waals surface area contributed by atoms with Crippen LogP contribution in [-0.4, -0.2) is 14.7 Å². The molecule has 1 atom stereocenters. The fourth-order valence-corrected chi connectivity index (χ4v) is 3.80. The average molecular weight is 427 g/mol. The highest BCUT2D eigenvalue weighted by atomic mass is 35.5. The quantitative estimate of drug-likeness (QED) is 0.416. The first-order valence-electron chi connectivity index (χ1n) is 8.94. The molecule has 0 radical (unpaired) electrons. The zero-order chi connectivity index (χ0) is 20.5. The predicted octanol–water partition coefficient (Wildman–Crippen LogP) is 6.28. The maximum absolute atomic E-state index is 14.8. The van der Waals surface area contributed by atoms with E-state index in [0.717, 1.165) is 11.3 Å². The van der Waals surface area contributed by atoms with Crippen molar-refractivity contribution < 1.29 is 9.50 Å². The number of hydrogen-bond donors (Lipinski definition) is 1. The summed E-state index contributed by atoms with van der Waals surface area (Å²) in [5.74, 6) is -0.453. The Kier molecular flexibility index (Phi) is 5.41. The number of aliphatic hydroxyl groups excluding tert-OH is 1. The maximum Gasteiger partial charge on any atom is 0.132 e. The van der Waals surface area contributed by atoms with E-state index in [0.29, 0.717) is 32.3 Å². The SMILES string of the molecule is Cn1cc(-c2ccc(Cl)cc2F)c(C(O)c2cccnc2)c1-c1ccc(Cl)cc1. The van der Waals surface area contributed by atoms with Gasteiger partial charge in [-0.25, -0.2) is 4.39 Å². The zero-order valence-corrected chi connectivity index (χ0v) is 17.0. The maximum atomic E-state index is 14.8. The summed E-state index contributed by atoms with van der Waals surface area (Å²) in [6.07, 6.45) is 4.05. The molecule has 146 valence electrons. The normalized spacial score (nSPS) is 12.2. The van der Waals surface area contributed by atoms with E-state index >= 15 is 0 Å². The van der Waals surface area contributed by atoms with E-state index in [4.69, 9.17) is 23.2 Å². The number of benzene rings is 2. The van der Waals surface area contributed by atoms with Crippen molar-refractivity contribution in [3.8, 4) is 22.4 Å². The van der Waals surface area contributed by atoms with Crippen LogP contribution >= 0.6 is 23.2 Å². The Morgan fingerprint density at radius 2 is 1.72 bits per heavy atom. The summed E-state index contributed by atoms with van der Waals surface area (Å²) >= 11 is 12.0. The van der Waals surface area contributed by atoms with E-state index in [1.165, 1.54) is 6.07 Å². The third-order valence-electron chi connectivity index (χ3n) is 4.83. The topological polar surface area (TPSA) is 38.0 Å². The second kappa shape index (κ2) is 7.99. The smallest absolute Gasteiger partial charge is 0.132 e. The van der Waals surface area contributed by atoms with Crippen molar-refractivity contribution >= 4 is 23.2 Å². The molecule has 0 aliphatic heterocycles. The molecule has 0 aliphatic carbocycles. The molecule has 4 aromatic rings. The summed E-state index contributed by atoms with van der Waals surface area (Å²) in [4.78, 5) is 4.11. The molecule has 6 heteroatoms. The van der Waals surface area contributed by atoms with Gasteiger partial charge in [0.25, 0.3) is 0 Å². The summed E-state index contributed by atoms with van der Waals surface area (Å²) < 4.78 is 16.6. The van der Waals surface area contributed by atoms with Gasteiger partial charge in [0.2, 0.25) is 0 Å². The lowest BCUT2D eigenvalue weighted by molar-refractivity contribution is 0.221. The Morgan fingerprint density at radius 1 is 1.00 bits per heavy atom. The van der Waals surface area contributed by atoms with E-state index in [9.17, 15) is 9.50 Å². The molecule has 2 heterocycles. The van der Waals surface area contributed by atoms with Gasteiger partial charge < -0.3 is 9.67 Å². The second-order valence-corrected chi connectivity index (χ2v) is 7.61. The van der Waals surface area contributed by atoms with Crippen LogP contribution in [0.4, 0.5) is 4.39 Å². The average Bonchev–Trinajstić information content (AvgIpc) is 3.05. The molecule has 0 aliphatic rings. The van der Waals surface area contributed by atoms with Gasteiger partial charge >= 0.3 is 0 Å². The van der Waals surface area contributed by atoms with Gasteiger partial charge in [0.05, 0.1) is 5.69 Å². The highest BCUT2D eigenvalue weighted by molar-refractivity contribution is 6.31. The van der Waals surface area contributed by atoms with Gasteiger partial charge in [0.1, 0.15) is 11.9 Å². The number of hydrogen-bond acceptors (Lipinski definition) is 2. The van der Waals surface area contributed by atoms with Crippen LogP contribution in [0.1, 0.15) is 17.2 Å². The zero-order valence-electron chi connectivity index (χ0n) is 15.5. The minimum absolute atomic E-state index is 0.314. The number of halogens is 3. The van der Waals surface area contributed by atoms with Gasteiger partial charge in [-0.1, -0.05) is 41.4 Å². The third kappa shape index (κ3) is 3.79. The van der Waals surface area contributed by atoms with Crippen molar-refractivity contribution in [2.45, 2.75) is 6.10 Å². The van der Waals surface area contributed by atoms with Crippen molar-refractivity contribution in [2.75, 3.05) is 0 Å². The highest BCUT2D eigenvalue weighted by Crippen LogP contribution is 2.41. The van der Waals surface area contributed by atoms with E-state index in [1.54, 1.807) is 48.8 Å². The van der Waals surface area contributed by atoms with Crippen molar-refractivity contribution in [3.05, 3.63) is 100 Å². The van der Waals surface area contributed by atoms with Crippen LogP contribution in [-0.2, 0) is 7.05 Å². The molecule has 0 bridgehead atoms. The molecular weight excluding hydrogens is 410 g/mol. The first kappa shape index (κ1) is 19.6. The molecule has 0 fully saturated rings. The largest absolute Gasteiger partial charge is 0.383 e. The number of rotatable bonds is 4. The second-order valence-electron chi connectivity index (χ2n) is 6.74. The van der Waals surface area contributed by atoms with Crippen molar-refractivity contribution in [2.24, 2.45) is 7.05 Å². The first-order valence-corrected chi connectivity index (χ1v) is 9.70. The Hall–Kier alpha value is -2.66. The summed E-state index contributed by atoms with van der Waals surface area (Å²) in [6, 6.07) is 15.4. The number of nitrogens with zero attached hydrogens (tertiary/aromatic N) is 2. The predicted molar refractivity (Wildman–Crippen MR) is 115 cm³/mol. The summed E-state index contributed by atoms with van der Waals surface area (Å²) in [6.45, 7) is 0. The van der Waals surface area contributed by atoms with Crippen LogP contribution in [0.2, 0.25) is 10.0 Å². The molecule has 3 nitrogen and oxygen atoms in total.